The monoisotopic (exact) mass is 180 g/mol. The molecule has 0 aromatic carbocycles. The summed E-state index contributed by atoms with van der Waals surface area (Å²) in [6.45, 7) is 1.93. The van der Waals surface area contributed by atoms with E-state index in [0.717, 1.165) is 6.42 Å². The molecule has 0 bridgehead atoms. The first-order chi connectivity index (χ1) is 6.29. The number of hydrogen-bond donors (Lipinski definition) is 0. The molecule has 0 amide bonds. The van der Waals surface area contributed by atoms with Crippen LogP contribution >= 0.6 is 0 Å². The molecule has 72 valence electrons. The van der Waals surface area contributed by atoms with Crippen LogP contribution in [0.25, 0.3) is 0 Å². The summed E-state index contributed by atoms with van der Waals surface area (Å²) >= 11 is 0. The maximum atomic E-state index is 10.4. The quantitative estimate of drug-likeness (QED) is 0.491. The van der Waals surface area contributed by atoms with Crippen LogP contribution < -0.4 is 0 Å². The molecular formula is C11H16O2. The van der Waals surface area contributed by atoms with Gasteiger partial charge in [-0.3, -0.25) is 4.79 Å². The summed E-state index contributed by atoms with van der Waals surface area (Å²) in [4.78, 5) is 10.4. The predicted molar refractivity (Wildman–Crippen MR) is 52.3 cm³/mol. The first-order valence-corrected chi connectivity index (χ1v) is 4.78. The van der Waals surface area contributed by atoms with Gasteiger partial charge in [0, 0.05) is 6.92 Å². The van der Waals surface area contributed by atoms with Crippen molar-refractivity contribution in [3.63, 3.8) is 0 Å². The molecule has 0 heterocycles. The molecule has 2 heteroatoms. The third-order valence-electron chi connectivity index (χ3n) is 2.00. The summed E-state index contributed by atoms with van der Waals surface area (Å²) in [5, 5.41) is 0. The van der Waals surface area contributed by atoms with Crippen molar-refractivity contribution in [2.75, 3.05) is 6.61 Å². The molecule has 0 aromatic heterocycles. The molecule has 0 aliphatic heterocycles. The van der Waals surface area contributed by atoms with E-state index in [1.807, 2.05) is 0 Å². The molecule has 1 aliphatic carbocycles. The number of allylic oxidation sites excluding steroid dienone is 3. The van der Waals surface area contributed by atoms with Crippen LogP contribution in [0, 0.1) is 0 Å². The zero-order valence-corrected chi connectivity index (χ0v) is 8.08. The summed E-state index contributed by atoms with van der Waals surface area (Å²) < 4.78 is 4.80. The molecule has 1 aliphatic rings. The van der Waals surface area contributed by atoms with Crippen molar-refractivity contribution in [3.8, 4) is 0 Å². The molecule has 0 radical (unpaired) electrons. The Hall–Kier alpha value is -1.05. The van der Waals surface area contributed by atoms with E-state index in [1.54, 1.807) is 0 Å². The summed E-state index contributed by atoms with van der Waals surface area (Å²) in [5.74, 6) is -0.200. The van der Waals surface area contributed by atoms with Gasteiger partial charge in [-0.2, -0.15) is 0 Å². The first-order valence-electron chi connectivity index (χ1n) is 4.78. The van der Waals surface area contributed by atoms with Gasteiger partial charge in [0.2, 0.25) is 0 Å². The van der Waals surface area contributed by atoms with E-state index in [-0.39, 0.29) is 5.97 Å². The maximum absolute atomic E-state index is 10.4. The van der Waals surface area contributed by atoms with Crippen LogP contribution in [0.2, 0.25) is 0 Å². The molecule has 0 saturated carbocycles. The minimum Gasteiger partial charge on any atom is -0.466 e. The Labute approximate surface area is 79.3 Å². The zero-order valence-electron chi connectivity index (χ0n) is 8.08. The minimum absolute atomic E-state index is 0.200. The third-order valence-corrected chi connectivity index (χ3v) is 2.00. The van der Waals surface area contributed by atoms with Crippen LogP contribution in [0.3, 0.4) is 0 Å². The molecule has 0 spiro atoms. The van der Waals surface area contributed by atoms with Gasteiger partial charge in [-0.15, -0.1) is 0 Å². The van der Waals surface area contributed by atoms with Gasteiger partial charge in [0.1, 0.15) is 0 Å². The van der Waals surface area contributed by atoms with Crippen molar-refractivity contribution < 1.29 is 9.53 Å². The van der Waals surface area contributed by atoms with E-state index in [2.05, 4.69) is 18.2 Å². The van der Waals surface area contributed by atoms with Crippen molar-refractivity contribution >= 4 is 5.97 Å². The summed E-state index contributed by atoms with van der Waals surface area (Å²) in [5.41, 5.74) is 1.42. The first kappa shape index (κ1) is 10.0. The number of rotatable bonds is 4. The SMILES string of the molecule is CC(=O)OCC/C=C/C1=CCCC1. The fraction of sp³-hybridized carbons (Fsp3) is 0.545. The van der Waals surface area contributed by atoms with Crippen LogP contribution in [0.1, 0.15) is 32.6 Å². The highest BCUT2D eigenvalue weighted by atomic mass is 16.5. The predicted octanol–water partition coefficient (Wildman–Crippen LogP) is 2.61. The second-order valence-electron chi connectivity index (χ2n) is 3.20. The third kappa shape index (κ3) is 4.51. The second kappa shape index (κ2) is 5.57. The molecule has 0 unspecified atom stereocenters. The minimum atomic E-state index is -0.200. The molecule has 13 heavy (non-hydrogen) atoms. The van der Waals surface area contributed by atoms with Gasteiger partial charge >= 0.3 is 5.97 Å². The van der Waals surface area contributed by atoms with Gasteiger partial charge < -0.3 is 4.74 Å². The molecule has 0 atom stereocenters. The number of carbonyl (C=O) groups excluding carboxylic acids is 1. The Morgan fingerprint density at radius 1 is 1.69 bits per heavy atom. The lowest BCUT2D eigenvalue weighted by atomic mass is 10.2. The lowest BCUT2D eigenvalue weighted by Gasteiger charge is -1.96. The lowest BCUT2D eigenvalue weighted by Crippen LogP contribution is -1.98. The molecule has 0 aromatic rings. The van der Waals surface area contributed by atoms with Crippen molar-refractivity contribution in [2.24, 2.45) is 0 Å². The van der Waals surface area contributed by atoms with Crippen LogP contribution in [-0.4, -0.2) is 12.6 Å². The van der Waals surface area contributed by atoms with Gasteiger partial charge in [-0.1, -0.05) is 23.8 Å². The smallest absolute Gasteiger partial charge is 0.302 e. The highest BCUT2D eigenvalue weighted by Crippen LogP contribution is 2.18. The average molecular weight is 180 g/mol. The van der Waals surface area contributed by atoms with Crippen molar-refractivity contribution in [3.05, 3.63) is 23.8 Å². The number of esters is 1. The number of hydrogen-bond acceptors (Lipinski definition) is 2. The van der Waals surface area contributed by atoms with E-state index in [0.29, 0.717) is 6.61 Å². The van der Waals surface area contributed by atoms with Gasteiger partial charge in [-0.25, -0.2) is 0 Å². The van der Waals surface area contributed by atoms with Crippen LogP contribution in [0.5, 0.6) is 0 Å². The Bertz CT molecular complexity index is 226. The van der Waals surface area contributed by atoms with Gasteiger partial charge in [-0.05, 0) is 25.7 Å². The molecule has 2 nitrogen and oxygen atoms in total. The van der Waals surface area contributed by atoms with Crippen molar-refractivity contribution in [1.82, 2.24) is 0 Å². The number of ether oxygens (including phenoxy) is 1. The van der Waals surface area contributed by atoms with E-state index in [4.69, 9.17) is 4.74 Å². The maximum Gasteiger partial charge on any atom is 0.302 e. The van der Waals surface area contributed by atoms with Crippen LogP contribution in [0.15, 0.2) is 23.8 Å². The van der Waals surface area contributed by atoms with Gasteiger partial charge in [0.25, 0.3) is 0 Å². The largest absolute Gasteiger partial charge is 0.466 e. The van der Waals surface area contributed by atoms with Crippen molar-refractivity contribution in [1.29, 1.82) is 0 Å². The molecule has 0 N–H and O–H groups in total. The average Bonchev–Trinajstić information content (AvgIpc) is 2.55. The zero-order chi connectivity index (χ0) is 9.52. The van der Waals surface area contributed by atoms with E-state index in [9.17, 15) is 4.79 Å². The van der Waals surface area contributed by atoms with Crippen LogP contribution in [-0.2, 0) is 9.53 Å². The highest BCUT2D eigenvalue weighted by molar-refractivity contribution is 5.65. The Balaban J connectivity index is 2.07. The van der Waals surface area contributed by atoms with Crippen LogP contribution in [0.4, 0.5) is 0 Å². The number of carbonyl (C=O) groups is 1. The fourth-order valence-corrected chi connectivity index (χ4v) is 1.35. The Morgan fingerprint density at radius 3 is 3.15 bits per heavy atom. The summed E-state index contributed by atoms with van der Waals surface area (Å²) in [7, 11) is 0. The highest BCUT2D eigenvalue weighted by Gasteiger charge is 1.99. The molecule has 0 saturated heterocycles. The topological polar surface area (TPSA) is 26.3 Å². The summed E-state index contributed by atoms with van der Waals surface area (Å²) in [6, 6.07) is 0. The normalized spacial score (nSPS) is 16.2. The molecular weight excluding hydrogens is 164 g/mol. The Morgan fingerprint density at radius 2 is 2.54 bits per heavy atom. The lowest BCUT2D eigenvalue weighted by molar-refractivity contribution is -0.140. The van der Waals surface area contributed by atoms with E-state index in [1.165, 1.54) is 31.8 Å². The molecule has 0 fully saturated rings. The summed E-state index contributed by atoms with van der Waals surface area (Å²) in [6.07, 6.45) is 11.0. The van der Waals surface area contributed by atoms with E-state index < -0.39 is 0 Å². The van der Waals surface area contributed by atoms with Gasteiger partial charge in [0.15, 0.2) is 0 Å². The van der Waals surface area contributed by atoms with Gasteiger partial charge in [0.05, 0.1) is 6.61 Å². The molecule has 1 rings (SSSR count). The standard InChI is InChI=1S/C11H16O2/c1-10(12)13-9-5-4-8-11-6-2-3-7-11/h4,6,8H,2-3,5,7,9H2,1H3/b8-4+. The fourth-order valence-electron chi connectivity index (χ4n) is 1.35. The second-order valence-corrected chi connectivity index (χ2v) is 3.20. The van der Waals surface area contributed by atoms with E-state index >= 15 is 0 Å². The van der Waals surface area contributed by atoms with Crippen molar-refractivity contribution in [2.45, 2.75) is 32.6 Å². The Kier molecular flexibility index (Phi) is 4.30.